The number of hydrogen-bond acceptors (Lipinski definition) is 9. The summed E-state index contributed by atoms with van der Waals surface area (Å²) in [5.74, 6) is -0.246. The molecule has 0 saturated heterocycles. The highest BCUT2D eigenvalue weighted by molar-refractivity contribution is 7.15. The Bertz CT molecular complexity index is 1130. The maximum absolute atomic E-state index is 12.2. The van der Waals surface area contributed by atoms with Gasteiger partial charge < -0.3 is 19.5 Å². The number of aromatic nitrogens is 1. The Balaban J connectivity index is 1.25. The number of urea groups is 1. The second-order valence-corrected chi connectivity index (χ2v) is 8.63. The number of thiophene rings is 1. The third kappa shape index (κ3) is 5.19. The normalized spacial score (nSPS) is 11.8. The van der Waals surface area contributed by atoms with Gasteiger partial charge in [0.15, 0.2) is 18.1 Å². The Kier molecular flexibility index (Phi) is 6.14. The van der Waals surface area contributed by atoms with Crippen LogP contribution in [0.5, 0.6) is 11.5 Å². The lowest BCUT2D eigenvalue weighted by atomic mass is 10.2. The van der Waals surface area contributed by atoms with Gasteiger partial charge in [0.1, 0.15) is 0 Å². The predicted molar refractivity (Wildman–Crippen MR) is 115 cm³/mol. The van der Waals surface area contributed by atoms with Crippen LogP contribution in [0.25, 0.3) is 10.6 Å². The molecule has 0 radical (unpaired) electrons. The van der Waals surface area contributed by atoms with E-state index in [4.69, 9.17) is 14.2 Å². The number of carbonyl (C=O) groups is 3. The Morgan fingerprint density at radius 2 is 2.03 bits per heavy atom. The van der Waals surface area contributed by atoms with Gasteiger partial charge in [-0.3, -0.25) is 14.9 Å². The van der Waals surface area contributed by atoms with Crippen LogP contribution in [0.15, 0.2) is 35.7 Å². The first-order chi connectivity index (χ1) is 15.0. The van der Waals surface area contributed by atoms with Crippen LogP contribution in [-0.2, 0) is 20.7 Å². The fraction of sp³-hybridized carbons (Fsp3) is 0.200. The molecule has 3 heterocycles. The molecule has 4 rings (SSSR count). The Morgan fingerprint density at radius 3 is 2.84 bits per heavy atom. The van der Waals surface area contributed by atoms with Gasteiger partial charge in [-0.2, -0.15) is 0 Å². The molecule has 0 bridgehead atoms. The van der Waals surface area contributed by atoms with Gasteiger partial charge in [-0.05, 0) is 30.5 Å². The molecule has 31 heavy (non-hydrogen) atoms. The molecule has 1 aliphatic heterocycles. The molecule has 3 aromatic rings. The van der Waals surface area contributed by atoms with Crippen molar-refractivity contribution in [1.29, 1.82) is 0 Å². The zero-order valence-electron chi connectivity index (χ0n) is 16.3. The molecule has 0 unspecified atom stereocenters. The minimum Gasteiger partial charge on any atom is -0.455 e. The van der Waals surface area contributed by atoms with Crippen molar-refractivity contribution in [2.24, 2.45) is 0 Å². The van der Waals surface area contributed by atoms with Crippen LogP contribution in [-0.4, -0.2) is 36.3 Å². The summed E-state index contributed by atoms with van der Waals surface area (Å²) < 4.78 is 15.4. The molecule has 160 valence electrons. The van der Waals surface area contributed by atoms with Gasteiger partial charge in [0.05, 0.1) is 22.0 Å². The summed E-state index contributed by atoms with van der Waals surface area (Å²) in [6.45, 7) is 1.41. The first-order valence-electron chi connectivity index (χ1n) is 9.14. The van der Waals surface area contributed by atoms with Gasteiger partial charge >= 0.3 is 12.0 Å². The first kappa shape index (κ1) is 20.8. The number of anilines is 1. The number of benzene rings is 1. The van der Waals surface area contributed by atoms with Crippen molar-refractivity contribution in [3.05, 3.63) is 45.6 Å². The van der Waals surface area contributed by atoms with Gasteiger partial charge in [0, 0.05) is 16.6 Å². The monoisotopic (exact) mass is 459 g/mol. The number of ether oxygens (including phenoxy) is 3. The van der Waals surface area contributed by atoms with Crippen LogP contribution in [0.1, 0.15) is 9.88 Å². The highest BCUT2D eigenvalue weighted by Crippen LogP contribution is 2.34. The van der Waals surface area contributed by atoms with Crippen molar-refractivity contribution in [3.63, 3.8) is 0 Å². The van der Waals surface area contributed by atoms with E-state index in [9.17, 15) is 14.4 Å². The second-order valence-electron chi connectivity index (χ2n) is 6.39. The van der Waals surface area contributed by atoms with E-state index in [-0.39, 0.29) is 13.2 Å². The zero-order chi connectivity index (χ0) is 21.8. The molecular formula is C20H17N3O6S2. The molecule has 0 fully saturated rings. The van der Waals surface area contributed by atoms with Crippen LogP contribution < -0.4 is 20.1 Å². The summed E-state index contributed by atoms with van der Waals surface area (Å²) in [6.07, 6.45) is -0.00455. The standard InChI is InChI=1S/C20H17N3O6S2/c1-11-21-19(15-3-2-6-30-15)16(31-11)8-18(25)27-9-17(24)23-20(26)22-12-4-5-13-14(7-12)29-10-28-13/h2-7H,8-10H2,1H3,(H2,22,23,24,26). The van der Waals surface area contributed by atoms with Crippen molar-refractivity contribution in [3.8, 4) is 22.1 Å². The van der Waals surface area contributed by atoms with E-state index in [1.165, 1.54) is 22.7 Å². The Labute approximate surface area is 185 Å². The maximum atomic E-state index is 12.2. The number of nitrogens with one attached hydrogen (secondary N) is 2. The Hall–Kier alpha value is -3.44. The highest BCUT2D eigenvalue weighted by atomic mass is 32.1. The molecule has 0 saturated carbocycles. The molecule has 1 aliphatic rings. The van der Waals surface area contributed by atoms with Gasteiger partial charge in [-0.1, -0.05) is 6.07 Å². The molecule has 0 spiro atoms. The minimum atomic E-state index is -0.752. The fourth-order valence-corrected chi connectivity index (χ4v) is 4.56. The van der Waals surface area contributed by atoms with Crippen LogP contribution in [0.4, 0.5) is 10.5 Å². The van der Waals surface area contributed by atoms with E-state index >= 15 is 0 Å². The number of amides is 3. The number of rotatable bonds is 6. The predicted octanol–water partition coefficient (Wildman–Crippen LogP) is 3.34. The topological polar surface area (TPSA) is 116 Å². The van der Waals surface area contributed by atoms with Crippen LogP contribution in [0, 0.1) is 6.92 Å². The first-order valence-corrected chi connectivity index (χ1v) is 10.8. The smallest absolute Gasteiger partial charge is 0.325 e. The van der Waals surface area contributed by atoms with E-state index in [2.05, 4.69) is 15.6 Å². The van der Waals surface area contributed by atoms with Gasteiger partial charge in [-0.25, -0.2) is 9.78 Å². The van der Waals surface area contributed by atoms with Crippen LogP contribution >= 0.6 is 22.7 Å². The van der Waals surface area contributed by atoms with E-state index in [1.54, 1.807) is 18.2 Å². The highest BCUT2D eigenvalue weighted by Gasteiger charge is 2.18. The lowest BCUT2D eigenvalue weighted by molar-refractivity contribution is -0.147. The van der Waals surface area contributed by atoms with Crippen LogP contribution in [0.3, 0.4) is 0 Å². The van der Waals surface area contributed by atoms with Gasteiger partial charge in [0.2, 0.25) is 6.79 Å². The SMILES string of the molecule is Cc1nc(-c2cccs2)c(CC(=O)OCC(=O)NC(=O)Nc2ccc3c(c2)OCO3)s1. The maximum Gasteiger partial charge on any atom is 0.325 e. The molecule has 2 aromatic heterocycles. The second kappa shape index (κ2) is 9.14. The lowest BCUT2D eigenvalue weighted by Crippen LogP contribution is -2.37. The van der Waals surface area contributed by atoms with Crippen LogP contribution in [0.2, 0.25) is 0 Å². The van der Waals surface area contributed by atoms with Gasteiger partial charge in [-0.15, -0.1) is 22.7 Å². The molecule has 0 atom stereocenters. The molecule has 11 heteroatoms. The number of carbonyl (C=O) groups excluding carboxylic acids is 3. The summed E-state index contributed by atoms with van der Waals surface area (Å²) in [4.78, 5) is 42.3. The number of thiazole rings is 1. The van der Waals surface area contributed by atoms with E-state index in [0.29, 0.717) is 17.2 Å². The fourth-order valence-electron chi connectivity index (χ4n) is 2.82. The third-order valence-corrected chi connectivity index (χ3v) is 5.96. The quantitative estimate of drug-likeness (QED) is 0.543. The summed E-state index contributed by atoms with van der Waals surface area (Å²) in [7, 11) is 0. The number of nitrogens with zero attached hydrogens (tertiary/aromatic N) is 1. The average molecular weight is 460 g/mol. The molecule has 3 amide bonds. The van der Waals surface area contributed by atoms with E-state index in [0.717, 1.165) is 20.5 Å². The van der Waals surface area contributed by atoms with Crippen molar-refractivity contribution >= 4 is 46.3 Å². The van der Waals surface area contributed by atoms with Crippen molar-refractivity contribution < 1.29 is 28.6 Å². The molecule has 9 nitrogen and oxygen atoms in total. The molecular weight excluding hydrogens is 442 g/mol. The minimum absolute atomic E-state index is 0.00455. The summed E-state index contributed by atoms with van der Waals surface area (Å²) in [5, 5.41) is 7.38. The number of hydrogen-bond donors (Lipinski definition) is 2. The summed E-state index contributed by atoms with van der Waals surface area (Å²) in [6, 6.07) is 7.93. The van der Waals surface area contributed by atoms with Crippen molar-refractivity contribution in [1.82, 2.24) is 10.3 Å². The third-order valence-electron chi connectivity index (χ3n) is 4.11. The molecule has 1 aromatic carbocycles. The zero-order valence-corrected chi connectivity index (χ0v) is 17.9. The average Bonchev–Trinajstić information content (AvgIpc) is 3.46. The molecule has 2 N–H and O–H groups in total. The van der Waals surface area contributed by atoms with Crippen molar-refractivity contribution in [2.45, 2.75) is 13.3 Å². The lowest BCUT2D eigenvalue weighted by Gasteiger charge is -2.08. The van der Waals surface area contributed by atoms with Crippen molar-refractivity contribution in [2.75, 3.05) is 18.7 Å². The number of imide groups is 1. The summed E-state index contributed by atoms with van der Waals surface area (Å²) in [5.41, 5.74) is 1.18. The molecule has 0 aliphatic carbocycles. The largest absolute Gasteiger partial charge is 0.455 e. The number of fused-ring (bicyclic) bond motifs is 1. The summed E-state index contributed by atoms with van der Waals surface area (Å²) >= 11 is 2.94. The number of aryl methyl sites for hydroxylation is 1. The Morgan fingerprint density at radius 1 is 1.19 bits per heavy atom. The number of esters is 1. The van der Waals surface area contributed by atoms with Gasteiger partial charge in [0.25, 0.3) is 5.91 Å². The van der Waals surface area contributed by atoms with E-state index in [1.807, 2.05) is 24.4 Å². The van der Waals surface area contributed by atoms with E-state index < -0.39 is 24.5 Å².